The van der Waals surface area contributed by atoms with Crippen molar-refractivity contribution in [1.82, 2.24) is 14.7 Å². The van der Waals surface area contributed by atoms with Gasteiger partial charge in [-0.05, 0) is 29.2 Å². The van der Waals surface area contributed by atoms with Gasteiger partial charge in [-0.2, -0.15) is 5.10 Å². The second-order valence-corrected chi connectivity index (χ2v) is 6.94. The maximum absolute atomic E-state index is 5.99. The summed E-state index contributed by atoms with van der Waals surface area (Å²) in [5, 5.41) is 4.30. The summed E-state index contributed by atoms with van der Waals surface area (Å²) in [6.07, 6.45) is 5.09. The van der Waals surface area contributed by atoms with E-state index in [1.54, 1.807) is 0 Å². The van der Waals surface area contributed by atoms with Crippen molar-refractivity contribution < 1.29 is 4.74 Å². The summed E-state index contributed by atoms with van der Waals surface area (Å²) >= 11 is 0. The molecule has 26 heavy (non-hydrogen) atoms. The molecule has 2 heterocycles. The van der Waals surface area contributed by atoms with Gasteiger partial charge in [0.05, 0.1) is 19.3 Å². The van der Waals surface area contributed by atoms with E-state index in [0.717, 1.165) is 39.2 Å². The van der Waals surface area contributed by atoms with Crippen molar-refractivity contribution >= 4 is 0 Å². The molecule has 134 valence electrons. The van der Waals surface area contributed by atoms with Crippen LogP contribution < -0.4 is 0 Å². The summed E-state index contributed by atoms with van der Waals surface area (Å²) in [5.74, 6) is 0. The van der Waals surface area contributed by atoms with Crippen molar-refractivity contribution in [2.24, 2.45) is 0 Å². The highest BCUT2D eigenvalue weighted by molar-refractivity contribution is 5.24. The monoisotopic (exact) mass is 347 g/mol. The lowest BCUT2D eigenvalue weighted by atomic mass is 10.1. The molecule has 1 aliphatic rings. The first-order valence-corrected chi connectivity index (χ1v) is 9.28. The summed E-state index contributed by atoms with van der Waals surface area (Å²) < 4.78 is 7.95. The first kappa shape index (κ1) is 17.0. The quantitative estimate of drug-likeness (QED) is 0.685. The fourth-order valence-electron chi connectivity index (χ4n) is 3.59. The van der Waals surface area contributed by atoms with Gasteiger partial charge >= 0.3 is 0 Å². The normalized spacial score (nSPS) is 18.1. The Kier molecular flexibility index (Phi) is 5.43. The molecule has 4 nitrogen and oxygen atoms in total. The van der Waals surface area contributed by atoms with Gasteiger partial charge in [-0.25, -0.2) is 0 Å². The van der Waals surface area contributed by atoms with Crippen LogP contribution in [0.5, 0.6) is 0 Å². The van der Waals surface area contributed by atoms with Crippen molar-refractivity contribution in [2.75, 3.05) is 19.7 Å². The van der Waals surface area contributed by atoms with Crippen LogP contribution in [0.1, 0.15) is 16.7 Å². The molecule has 1 aliphatic heterocycles. The van der Waals surface area contributed by atoms with Gasteiger partial charge < -0.3 is 4.74 Å². The Labute approximate surface area is 155 Å². The van der Waals surface area contributed by atoms with Gasteiger partial charge in [0.25, 0.3) is 0 Å². The number of hydrogen-bond acceptors (Lipinski definition) is 3. The van der Waals surface area contributed by atoms with Crippen LogP contribution in [0.2, 0.25) is 0 Å². The zero-order chi connectivity index (χ0) is 17.6. The van der Waals surface area contributed by atoms with E-state index in [1.165, 1.54) is 16.7 Å². The van der Waals surface area contributed by atoms with E-state index in [2.05, 4.69) is 64.6 Å². The number of morpholine rings is 1. The van der Waals surface area contributed by atoms with Crippen LogP contribution in [0.3, 0.4) is 0 Å². The molecule has 1 saturated heterocycles. The fraction of sp³-hybridized carbons (Fsp3) is 0.318. The molecule has 0 unspecified atom stereocenters. The SMILES string of the molecule is c1ccc(C[C@H]2CN(Cc3cccc(Cn4cccn4)c3)CCO2)cc1. The highest BCUT2D eigenvalue weighted by atomic mass is 16.5. The molecule has 0 radical (unpaired) electrons. The fourth-order valence-corrected chi connectivity index (χ4v) is 3.59. The maximum Gasteiger partial charge on any atom is 0.0743 e. The molecule has 0 amide bonds. The molecule has 4 heteroatoms. The van der Waals surface area contributed by atoms with Crippen molar-refractivity contribution in [1.29, 1.82) is 0 Å². The van der Waals surface area contributed by atoms with E-state index in [0.29, 0.717) is 0 Å². The topological polar surface area (TPSA) is 30.3 Å². The largest absolute Gasteiger partial charge is 0.375 e. The molecule has 4 rings (SSSR count). The number of nitrogens with zero attached hydrogens (tertiary/aromatic N) is 3. The molecular weight excluding hydrogens is 322 g/mol. The van der Waals surface area contributed by atoms with Crippen LogP contribution in [0, 0.1) is 0 Å². The van der Waals surface area contributed by atoms with Gasteiger partial charge in [0.15, 0.2) is 0 Å². The zero-order valence-corrected chi connectivity index (χ0v) is 15.0. The highest BCUT2D eigenvalue weighted by Gasteiger charge is 2.20. The summed E-state index contributed by atoms with van der Waals surface area (Å²) in [5.41, 5.74) is 4.00. The van der Waals surface area contributed by atoms with Gasteiger partial charge in [-0.3, -0.25) is 9.58 Å². The van der Waals surface area contributed by atoms with Crippen LogP contribution in [-0.4, -0.2) is 40.5 Å². The molecule has 2 aromatic carbocycles. The van der Waals surface area contributed by atoms with Gasteiger partial charge in [0.2, 0.25) is 0 Å². The summed E-state index contributed by atoms with van der Waals surface area (Å²) in [4.78, 5) is 2.50. The molecule has 3 aromatic rings. The van der Waals surface area contributed by atoms with Crippen LogP contribution >= 0.6 is 0 Å². The van der Waals surface area contributed by atoms with Crippen LogP contribution in [-0.2, 0) is 24.2 Å². The lowest BCUT2D eigenvalue weighted by molar-refractivity contribution is -0.0305. The lowest BCUT2D eigenvalue weighted by Gasteiger charge is -2.33. The van der Waals surface area contributed by atoms with E-state index in [-0.39, 0.29) is 6.10 Å². The maximum atomic E-state index is 5.99. The van der Waals surface area contributed by atoms with Gasteiger partial charge in [-0.15, -0.1) is 0 Å². The molecule has 0 spiro atoms. The molecule has 1 fully saturated rings. The molecule has 0 N–H and O–H groups in total. The Hall–Kier alpha value is -2.43. The Balaban J connectivity index is 1.36. The molecule has 0 bridgehead atoms. The predicted molar refractivity (Wildman–Crippen MR) is 103 cm³/mol. The Morgan fingerprint density at radius 3 is 2.54 bits per heavy atom. The Bertz CT molecular complexity index is 801. The summed E-state index contributed by atoms with van der Waals surface area (Å²) in [6.45, 7) is 4.58. The van der Waals surface area contributed by atoms with E-state index in [9.17, 15) is 0 Å². The van der Waals surface area contributed by atoms with Crippen molar-refractivity contribution in [3.8, 4) is 0 Å². The Morgan fingerprint density at radius 1 is 0.923 bits per heavy atom. The molecule has 1 aromatic heterocycles. The molecule has 1 atom stereocenters. The number of aromatic nitrogens is 2. The molecular formula is C22H25N3O. The third-order valence-corrected chi connectivity index (χ3v) is 4.83. The third kappa shape index (κ3) is 4.59. The Morgan fingerprint density at radius 2 is 1.73 bits per heavy atom. The van der Waals surface area contributed by atoms with E-state index in [4.69, 9.17) is 4.74 Å². The average molecular weight is 347 g/mol. The van der Waals surface area contributed by atoms with Gasteiger partial charge in [0, 0.05) is 32.0 Å². The minimum Gasteiger partial charge on any atom is -0.375 e. The predicted octanol–water partition coefficient (Wildman–Crippen LogP) is 3.37. The van der Waals surface area contributed by atoms with Crippen molar-refractivity contribution in [2.45, 2.75) is 25.6 Å². The van der Waals surface area contributed by atoms with Crippen LogP contribution in [0.4, 0.5) is 0 Å². The van der Waals surface area contributed by atoms with E-state index >= 15 is 0 Å². The van der Waals surface area contributed by atoms with Crippen molar-refractivity contribution in [3.05, 3.63) is 89.7 Å². The number of benzene rings is 2. The second kappa shape index (κ2) is 8.30. The van der Waals surface area contributed by atoms with Gasteiger partial charge in [-0.1, -0.05) is 54.6 Å². The van der Waals surface area contributed by atoms with E-state index in [1.807, 2.05) is 23.1 Å². The first-order chi connectivity index (χ1) is 12.8. The third-order valence-electron chi connectivity index (χ3n) is 4.83. The molecule has 0 saturated carbocycles. The number of rotatable bonds is 6. The minimum absolute atomic E-state index is 0.276. The summed E-state index contributed by atoms with van der Waals surface area (Å²) in [7, 11) is 0. The van der Waals surface area contributed by atoms with Crippen LogP contribution in [0.15, 0.2) is 73.1 Å². The lowest BCUT2D eigenvalue weighted by Crippen LogP contribution is -2.42. The average Bonchev–Trinajstić information content (AvgIpc) is 3.16. The number of ether oxygens (including phenoxy) is 1. The number of hydrogen-bond donors (Lipinski definition) is 0. The van der Waals surface area contributed by atoms with Crippen molar-refractivity contribution in [3.63, 3.8) is 0 Å². The first-order valence-electron chi connectivity index (χ1n) is 9.28. The van der Waals surface area contributed by atoms with E-state index < -0.39 is 0 Å². The highest BCUT2D eigenvalue weighted by Crippen LogP contribution is 2.15. The standard InChI is InChI=1S/C22H25N3O/c1-2-6-19(7-3-1)15-22-18-24(12-13-26-22)16-20-8-4-9-21(14-20)17-25-11-5-10-23-25/h1-11,14,22H,12-13,15-18H2/t22-/m0/s1. The molecule has 0 aliphatic carbocycles. The van der Waals surface area contributed by atoms with Crippen LogP contribution in [0.25, 0.3) is 0 Å². The minimum atomic E-state index is 0.276. The zero-order valence-electron chi connectivity index (χ0n) is 15.0. The van der Waals surface area contributed by atoms with Gasteiger partial charge in [0.1, 0.15) is 0 Å². The smallest absolute Gasteiger partial charge is 0.0743 e. The summed E-state index contributed by atoms with van der Waals surface area (Å²) in [6, 6.07) is 21.4. The second-order valence-electron chi connectivity index (χ2n) is 6.94.